The van der Waals surface area contributed by atoms with E-state index in [4.69, 9.17) is 9.47 Å². The van der Waals surface area contributed by atoms with Crippen LogP contribution in [0.25, 0.3) is 0 Å². The standard InChI is InChI=1S/C20H28O5/c1-6-11(2)17(22)25-14-7-8-20(5)15-12(10-24-18(15)23)9-13(21)16(20)19(14,3)4/h6,13-14,16,21H,7-10H2,1-5H3/b11-6-/t13-,14+,16-,20+/m0/s1. The van der Waals surface area contributed by atoms with Crippen molar-refractivity contribution in [2.75, 3.05) is 6.61 Å². The molecule has 1 N–H and O–H groups in total. The molecule has 5 heteroatoms. The highest BCUT2D eigenvalue weighted by Crippen LogP contribution is 2.61. The van der Waals surface area contributed by atoms with Gasteiger partial charge in [0.15, 0.2) is 0 Å². The molecule has 0 spiro atoms. The molecule has 0 aromatic rings. The second-order valence-electron chi connectivity index (χ2n) is 8.45. The number of carbonyl (C=O) groups is 2. The van der Waals surface area contributed by atoms with Gasteiger partial charge in [0, 0.05) is 27.9 Å². The third-order valence-corrected chi connectivity index (χ3v) is 6.59. The number of rotatable bonds is 2. The number of hydrogen-bond donors (Lipinski definition) is 1. The minimum absolute atomic E-state index is 0.165. The van der Waals surface area contributed by atoms with Crippen molar-refractivity contribution < 1.29 is 24.2 Å². The Hall–Kier alpha value is -1.62. The van der Waals surface area contributed by atoms with Gasteiger partial charge in [-0.15, -0.1) is 0 Å². The van der Waals surface area contributed by atoms with Crippen LogP contribution < -0.4 is 0 Å². The van der Waals surface area contributed by atoms with E-state index in [1.165, 1.54) is 0 Å². The highest BCUT2D eigenvalue weighted by Gasteiger charge is 2.61. The first kappa shape index (κ1) is 18.2. The first-order chi connectivity index (χ1) is 11.6. The van der Waals surface area contributed by atoms with Gasteiger partial charge in [-0.3, -0.25) is 0 Å². The molecule has 138 valence electrons. The fourth-order valence-electron chi connectivity index (χ4n) is 5.34. The minimum Gasteiger partial charge on any atom is -0.458 e. The van der Waals surface area contributed by atoms with Crippen LogP contribution in [0.15, 0.2) is 22.8 Å². The zero-order valence-corrected chi connectivity index (χ0v) is 15.7. The normalized spacial score (nSPS) is 37.3. The third kappa shape index (κ3) is 2.64. The van der Waals surface area contributed by atoms with Gasteiger partial charge in [-0.1, -0.05) is 26.8 Å². The summed E-state index contributed by atoms with van der Waals surface area (Å²) in [6, 6.07) is 0. The fourth-order valence-corrected chi connectivity index (χ4v) is 5.34. The van der Waals surface area contributed by atoms with E-state index in [0.717, 1.165) is 11.1 Å². The quantitative estimate of drug-likeness (QED) is 0.613. The molecule has 1 aliphatic heterocycles. The minimum atomic E-state index is -0.572. The summed E-state index contributed by atoms with van der Waals surface area (Å²) in [6.07, 6.45) is 2.70. The van der Waals surface area contributed by atoms with Gasteiger partial charge in [0.25, 0.3) is 0 Å². The molecule has 0 radical (unpaired) electrons. The molecule has 1 saturated carbocycles. The molecule has 0 amide bonds. The molecule has 0 aromatic carbocycles. The first-order valence-corrected chi connectivity index (χ1v) is 9.04. The first-order valence-electron chi connectivity index (χ1n) is 9.04. The predicted molar refractivity (Wildman–Crippen MR) is 92.5 cm³/mol. The highest BCUT2D eigenvalue weighted by atomic mass is 16.5. The molecule has 0 aromatic heterocycles. The van der Waals surface area contributed by atoms with Crippen molar-refractivity contribution in [3.8, 4) is 0 Å². The summed E-state index contributed by atoms with van der Waals surface area (Å²) in [6.45, 7) is 9.97. The number of allylic oxidation sites excluding steroid dienone is 1. The van der Waals surface area contributed by atoms with E-state index < -0.39 is 16.9 Å². The van der Waals surface area contributed by atoms with Crippen molar-refractivity contribution in [3.63, 3.8) is 0 Å². The molecule has 5 nitrogen and oxygen atoms in total. The van der Waals surface area contributed by atoms with Crippen LogP contribution in [-0.2, 0) is 19.1 Å². The summed E-state index contributed by atoms with van der Waals surface area (Å²) in [5.41, 5.74) is 1.38. The maximum atomic E-state index is 12.3. The van der Waals surface area contributed by atoms with Gasteiger partial charge in [-0.25, -0.2) is 9.59 Å². The van der Waals surface area contributed by atoms with Crippen LogP contribution in [-0.4, -0.2) is 35.9 Å². The van der Waals surface area contributed by atoms with Gasteiger partial charge in [0.1, 0.15) is 12.7 Å². The summed E-state index contributed by atoms with van der Waals surface area (Å²) in [4.78, 5) is 24.6. The van der Waals surface area contributed by atoms with E-state index in [0.29, 0.717) is 31.4 Å². The van der Waals surface area contributed by atoms with Crippen LogP contribution in [0, 0.1) is 16.7 Å². The van der Waals surface area contributed by atoms with Gasteiger partial charge in [-0.05, 0) is 38.7 Å². The molecular formula is C20H28O5. The van der Waals surface area contributed by atoms with Crippen LogP contribution in [0.5, 0.6) is 0 Å². The largest absolute Gasteiger partial charge is 0.458 e. The Kier molecular flexibility index (Phi) is 4.34. The average Bonchev–Trinajstić information content (AvgIpc) is 2.90. The SMILES string of the molecule is C/C=C(/C)C(=O)O[C@@H]1CC[C@]2(C)C3=C(COC3=O)C[C@H](O)[C@H]2C1(C)C. The van der Waals surface area contributed by atoms with Crippen molar-refractivity contribution in [1.82, 2.24) is 0 Å². The van der Waals surface area contributed by atoms with Crippen molar-refractivity contribution in [3.05, 3.63) is 22.8 Å². The lowest BCUT2D eigenvalue weighted by atomic mass is 9.48. The van der Waals surface area contributed by atoms with Gasteiger partial charge >= 0.3 is 11.9 Å². The predicted octanol–water partition coefficient (Wildman–Crippen LogP) is 2.92. The van der Waals surface area contributed by atoms with E-state index in [-0.39, 0.29) is 24.0 Å². The molecule has 0 unspecified atom stereocenters. The number of cyclic esters (lactones) is 1. The fraction of sp³-hybridized carbons (Fsp3) is 0.700. The molecule has 2 aliphatic carbocycles. The molecule has 0 saturated heterocycles. The number of aliphatic hydroxyl groups excluding tert-OH is 1. The Morgan fingerprint density at radius 1 is 1.36 bits per heavy atom. The lowest BCUT2D eigenvalue weighted by Crippen LogP contribution is -2.58. The van der Waals surface area contributed by atoms with Crippen LogP contribution in [0.3, 0.4) is 0 Å². The topological polar surface area (TPSA) is 72.8 Å². The summed E-state index contributed by atoms with van der Waals surface area (Å²) in [5.74, 6) is -0.720. The van der Waals surface area contributed by atoms with E-state index in [1.807, 2.05) is 20.8 Å². The monoisotopic (exact) mass is 348 g/mol. The Morgan fingerprint density at radius 3 is 2.68 bits per heavy atom. The number of aliphatic hydroxyl groups is 1. The molecule has 3 aliphatic rings. The lowest BCUT2D eigenvalue weighted by molar-refractivity contribution is -0.175. The van der Waals surface area contributed by atoms with Crippen molar-refractivity contribution in [2.45, 2.75) is 66.1 Å². The molecule has 1 heterocycles. The summed E-state index contributed by atoms with van der Waals surface area (Å²) in [5, 5.41) is 10.9. The molecule has 3 rings (SSSR count). The maximum absolute atomic E-state index is 12.3. The van der Waals surface area contributed by atoms with E-state index in [1.54, 1.807) is 13.0 Å². The van der Waals surface area contributed by atoms with Crippen molar-refractivity contribution in [1.29, 1.82) is 0 Å². The van der Waals surface area contributed by atoms with E-state index in [9.17, 15) is 14.7 Å². The zero-order valence-electron chi connectivity index (χ0n) is 15.7. The third-order valence-electron chi connectivity index (χ3n) is 6.59. The van der Waals surface area contributed by atoms with Crippen LogP contribution in [0.2, 0.25) is 0 Å². The van der Waals surface area contributed by atoms with Crippen LogP contribution >= 0.6 is 0 Å². The maximum Gasteiger partial charge on any atom is 0.334 e. The van der Waals surface area contributed by atoms with Crippen LogP contribution in [0.4, 0.5) is 0 Å². The molecule has 1 fully saturated rings. The van der Waals surface area contributed by atoms with Crippen molar-refractivity contribution in [2.24, 2.45) is 16.7 Å². The smallest absolute Gasteiger partial charge is 0.334 e. The second kappa shape index (κ2) is 5.97. The number of carbonyl (C=O) groups excluding carboxylic acids is 2. The highest BCUT2D eigenvalue weighted by molar-refractivity contribution is 5.93. The van der Waals surface area contributed by atoms with Gasteiger partial charge in [0.05, 0.1) is 6.10 Å². The molecule has 4 atom stereocenters. The molecular weight excluding hydrogens is 320 g/mol. The summed E-state index contributed by atoms with van der Waals surface area (Å²) >= 11 is 0. The number of fused-ring (bicyclic) bond motifs is 2. The van der Waals surface area contributed by atoms with E-state index in [2.05, 4.69) is 6.92 Å². The zero-order chi connectivity index (χ0) is 18.6. The van der Waals surface area contributed by atoms with Gasteiger partial charge in [0.2, 0.25) is 0 Å². The number of esters is 2. The van der Waals surface area contributed by atoms with E-state index >= 15 is 0 Å². The Balaban J connectivity index is 1.95. The summed E-state index contributed by atoms with van der Waals surface area (Å²) < 4.78 is 11.0. The van der Waals surface area contributed by atoms with Gasteiger partial charge < -0.3 is 14.6 Å². The average molecular weight is 348 g/mol. The summed E-state index contributed by atoms with van der Waals surface area (Å²) in [7, 11) is 0. The van der Waals surface area contributed by atoms with Crippen molar-refractivity contribution >= 4 is 11.9 Å². The Morgan fingerprint density at radius 2 is 2.04 bits per heavy atom. The number of ether oxygens (including phenoxy) is 2. The number of hydrogen-bond acceptors (Lipinski definition) is 5. The lowest BCUT2D eigenvalue weighted by Gasteiger charge is -2.57. The Bertz CT molecular complexity index is 672. The molecule has 25 heavy (non-hydrogen) atoms. The van der Waals surface area contributed by atoms with Gasteiger partial charge in [-0.2, -0.15) is 0 Å². The van der Waals surface area contributed by atoms with Crippen LogP contribution in [0.1, 0.15) is 53.9 Å². The Labute approximate surface area is 149 Å². The molecule has 0 bridgehead atoms. The second-order valence-corrected chi connectivity index (χ2v) is 8.45.